The second-order valence-electron chi connectivity index (χ2n) is 8.98. The average Bonchev–Trinajstić information content (AvgIpc) is 3.30. The Hall–Kier alpha value is -4.98. The van der Waals surface area contributed by atoms with Crippen molar-refractivity contribution in [2.24, 2.45) is 7.05 Å². The SMILES string of the molecule is Cn1c(=O)c2c(-c3ccncc3)n(Cc3cccc4ccccc34)nc2n(Cc2ccc(O)cc2)c1=O. The minimum atomic E-state index is -0.457. The van der Waals surface area contributed by atoms with Crippen LogP contribution in [-0.2, 0) is 20.1 Å². The lowest BCUT2D eigenvalue weighted by atomic mass is 10.0. The second kappa shape index (κ2) is 8.91. The van der Waals surface area contributed by atoms with E-state index < -0.39 is 11.2 Å². The molecular formula is C29H23N5O3. The summed E-state index contributed by atoms with van der Waals surface area (Å²) in [7, 11) is 1.48. The molecule has 3 aromatic heterocycles. The fraction of sp³-hybridized carbons (Fsp3) is 0.103. The molecule has 8 heteroatoms. The molecule has 37 heavy (non-hydrogen) atoms. The van der Waals surface area contributed by atoms with Gasteiger partial charge in [-0.3, -0.25) is 23.6 Å². The molecule has 0 atom stereocenters. The van der Waals surface area contributed by atoms with Crippen molar-refractivity contribution in [3.05, 3.63) is 123 Å². The molecule has 0 aliphatic heterocycles. The molecule has 6 rings (SSSR count). The number of hydrogen-bond acceptors (Lipinski definition) is 5. The van der Waals surface area contributed by atoms with E-state index >= 15 is 0 Å². The van der Waals surface area contributed by atoms with Crippen molar-refractivity contribution in [3.63, 3.8) is 0 Å². The first-order chi connectivity index (χ1) is 18.0. The van der Waals surface area contributed by atoms with Gasteiger partial charge in [0, 0.05) is 25.0 Å². The van der Waals surface area contributed by atoms with Crippen LogP contribution in [0.3, 0.4) is 0 Å². The van der Waals surface area contributed by atoms with E-state index in [1.807, 2.05) is 36.4 Å². The van der Waals surface area contributed by atoms with E-state index in [1.165, 1.54) is 11.6 Å². The molecule has 0 amide bonds. The molecule has 3 heterocycles. The minimum absolute atomic E-state index is 0.140. The Kier molecular flexibility index (Phi) is 5.41. The van der Waals surface area contributed by atoms with Gasteiger partial charge in [0.15, 0.2) is 5.65 Å². The second-order valence-corrected chi connectivity index (χ2v) is 8.98. The van der Waals surface area contributed by atoms with E-state index in [4.69, 9.17) is 5.10 Å². The van der Waals surface area contributed by atoms with Gasteiger partial charge < -0.3 is 5.11 Å². The summed E-state index contributed by atoms with van der Waals surface area (Å²) in [6.45, 7) is 0.606. The highest BCUT2D eigenvalue weighted by Gasteiger charge is 2.23. The van der Waals surface area contributed by atoms with Crippen LogP contribution in [0, 0.1) is 0 Å². The molecule has 0 saturated heterocycles. The van der Waals surface area contributed by atoms with E-state index in [0.29, 0.717) is 23.3 Å². The van der Waals surface area contributed by atoms with Crippen molar-refractivity contribution in [1.82, 2.24) is 23.9 Å². The molecule has 0 aliphatic rings. The monoisotopic (exact) mass is 489 g/mol. The van der Waals surface area contributed by atoms with E-state index in [0.717, 1.165) is 32.0 Å². The van der Waals surface area contributed by atoms with Crippen molar-refractivity contribution < 1.29 is 5.11 Å². The van der Waals surface area contributed by atoms with Gasteiger partial charge in [0.25, 0.3) is 5.56 Å². The maximum atomic E-state index is 13.5. The Morgan fingerprint density at radius 1 is 0.838 bits per heavy atom. The van der Waals surface area contributed by atoms with Crippen LogP contribution in [0.4, 0.5) is 0 Å². The first-order valence-corrected chi connectivity index (χ1v) is 11.9. The number of aromatic nitrogens is 5. The van der Waals surface area contributed by atoms with Crippen LogP contribution >= 0.6 is 0 Å². The molecule has 0 bridgehead atoms. The van der Waals surface area contributed by atoms with Crippen LogP contribution in [0.1, 0.15) is 11.1 Å². The number of benzene rings is 3. The van der Waals surface area contributed by atoms with Crippen LogP contribution in [0.2, 0.25) is 0 Å². The maximum absolute atomic E-state index is 13.5. The largest absolute Gasteiger partial charge is 0.508 e. The summed E-state index contributed by atoms with van der Waals surface area (Å²) >= 11 is 0. The summed E-state index contributed by atoms with van der Waals surface area (Å²) in [5.41, 5.74) is 2.71. The van der Waals surface area contributed by atoms with Crippen LogP contribution in [0.15, 0.2) is 101 Å². The summed E-state index contributed by atoms with van der Waals surface area (Å²) in [6.07, 6.45) is 3.35. The molecule has 0 fully saturated rings. The zero-order valence-corrected chi connectivity index (χ0v) is 20.1. The summed E-state index contributed by atoms with van der Waals surface area (Å²) in [6, 6.07) is 24.6. The number of fused-ring (bicyclic) bond motifs is 2. The van der Waals surface area contributed by atoms with Crippen molar-refractivity contribution in [1.29, 1.82) is 0 Å². The summed E-state index contributed by atoms with van der Waals surface area (Å²) in [5.74, 6) is 0.140. The molecule has 3 aromatic carbocycles. The Bertz CT molecular complexity index is 1880. The van der Waals surface area contributed by atoms with Gasteiger partial charge in [0.2, 0.25) is 0 Å². The summed E-state index contributed by atoms with van der Waals surface area (Å²) in [5, 5.41) is 17.1. The molecular weight excluding hydrogens is 466 g/mol. The Balaban J connectivity index is 1.63. The standard InChI is InChI=1S/C29H23N5O3/c1-32-28(36)25-26(21-13-15-30-16-14-21)34(18-22-7-4-6-20-5-2-3-8-24(20)22)31-27(25)33(29(32)37)17-19-9-11-23(35)12-10-19/h2-16,35H,17-18H2,1H3. The first-order valence-electron chi connectivity index (χ1n) is 11.9. The fourth-order valence-corrected chi connectivity index (χ4v) is 4.80. The maximum Gasteiger partial charge on any atom is 0.332 e. The van der Waals surface area contributed by atoms with E-state index in [2.05, 4.69) is 23.2 Å². The molecule has 8 nitrogen and oxygen atoms in total. The molecule has 6 aromatic rings. The number of nitrogens with zero attached hydrogens (tertiary/aromatic N) is 5. The highest BCUT2D eigenvalue weighted by molar-refractivity contribution is 5.91. The lowest BCUT2D eigenvalue weighted by Gasteiger charge is -2.10. The molecule has 0 radical (unpaired) electrons. The van der Waals surface area contributed by atoms with Crippen molar-refractivity contribution in [3.8, 4) is 17.0 Å². The number of hydrogen-bond donors (Lipinski definition) is 1. The molecule has 0 aliphatic carbocycles. The van der Waals surface area contributed by atoms with Crippen LogP contribution < -0.4 is 11.2 Å². The van der Waals surface area contributed by atoms with E-state index in [1.54, 1.807) is 41.3 Å². The lowest BCUT2D eigenvalue weighted by molar-refractivity contribution is 0.475. The lowest BCUT2D eigenvalue weighted by Crippen LogP contribution is -2.38. The van der Waals surface area contributed by atoms with Gasteiger partial charge in [-0.05, 0) is 46.2 Å². The van der Waals surface area contributed by atoms with Gasteiger partial charge in [-0.15, -0.1) is 0 Å². The third-order valence-corrected chi connectivity index (χ3v) is 6.66. The van der Waals surface area contributed by atoms with Gasteiger partial charge in [-0.2, -0.15) is 5.10 Å². The highest BCUT2D eigenvalue weighted by Crippen LogP contribution is 2.28. The van der Waals surface area contributed by atoms with E-state index in [9.17, 15) is 14.7 Å². The zero-order chi connectivity index (χ0) is 25.5. The molecule has 1 N–H and O–H groups in total. The third kappa shape index (κ3) is 3.88. The Labute approximate surface area is 211 Å². The minimum Gasteiger partial charge on any atom is -0.508 e. The van der Waals surface area contributed by atoms with Gasteiger partial charge in [-0.1, -0.05) is 54.6 Å². The number of aromatic hydroxyl groups is 1. The fourth-order valence-electron chi connectivity index (χ4n) is 4.80. The predicted molar refractivity (Wildman–Crippen MR) is 143 cm³/mol. The summed E-state index contributed by atoms with van der Waals surface area (Å²) < 4.78 is 4.43. The average molecular weight is 490 g/mol. The zero-order valence-electron chi connectivity index (χ0n) is 20.1. The number of phenolic OH excluding ortho intramolecular Hbond substituents is 1. The van der Waals surface area contributed by atoms with Gasteiger partial charge in [0.1, 0.15) is 11.1 Å². The van der Waals surface area contributed by atoms with Gasteiger partial charge in [-0.25, -0.2) is 4.79 Å². The number of phenols is 1. The normalized spacial score (nSPS) is 11.4. The Morgan fingerprint density at radius 3 is 2.35 bits per heavy atom. The molecule has 0 saturated carbocycles. The van der Waals surface area contributed by atoms with Crippen LogP contribution in [0.5, 0.6) is 5.75 Å². The summed E-state index contributed by atoms with van der Waals surface area (Å²) in [4.78, 5) is 30.9. The first kappa shape index (κ1) is 22.5. The third-order valence-electron chi connectivity index (χ3n) is 6.66. The number of rotatable bonds is 5. The predicted octanol–water partition coefficient (Wildman–Crippen LogP) is 3.91. The van der Waals surface area contributed by atoms with Gasteiger partial charge >= 0.3 is 5.69 Å². The number of pyridine rings is 1. The highest BCUT2D eigenvalue weighted by atomic mass is 16.3. The molecule has 0 unspecified atom stereocenters. The van der Waals surface area contributed by atoms with E-state index in [-0.39, 0.29) is 12.3 Å². The molecule has 182 valence electrons. The smallest absolute Gasteiger partial charge is 0.332 e. The van der Waals surface area contributed by atoms with Crippen molar-refractivity contribution >= 4 is 21.8 Å². The van der Waals surface area contributed by atoms with Gasteiger partial charge in [0.05, 0.1) is 18.8 Å². The molecule has 0 spiro atoms. The van der Waals surface area contributed by atoms with Crippen molar-refractivity contribution in [2.45, 2.75) is 13.1 Å². The van der Waals surface area contributed by atoms with Crippen LogP contribution in [-0.4, -0.2) is 29.0 Å². The van der Waals surface area contributed by atoms with Crippen molar-refractivity contribution in [2.75, 3.05) is 0 Å². The Morgan fingerprint density at radius 2 is 1.57 bits per heavy atom. The topological polar surface area (TPSA) is 94.9 Å². The quantitative estimate of drug-likeness (QED) is 0.396. The van der Waals surface area contributed by atoms with Crippen LogP contribution in [0.25, 0.3) is 33.1 Å².